The van der Waals surface area contributed by atoms with Crippen LogP contribution < -0.4 is 5.32 Å². The van der Waals surface area contributed by atoms with Gasteiger partial charge in [0.05, 0.1) is 0 Å². The summed E-state index contributed by atoms with van der Waals surface area (Å²) in [5, 5.41) is 3.81. The van der Waals surface area contributed by atoms with Crippen molar-refractivity contribution in [2.45, 2.75) is 45.1 Å². The summed E-state index contributed by atoms with van der Waals surface area (Å²) in [6.07, 6.45) is 7.56. The molecule has 13 heavy (non-hydrogen) atoms. The molecule has 0 aromatic rings. The zero-order valence-electron chi connectivity index (χ0n) is 8.63. The van der Waals surface area contributed by atoms with Crippen LogP contribution in [0.4, 0.5) is 0 Å². The molecule has 5 unspecified atom stereocenters. The zero-order chi connectivity index (χ0) is 8.84. The Morgan fingerprint density at radius 3 is 2.54 bits per heavy atom. The Kier molecular flexibility index (Phi) is 1.90. The summed E-state index contributed by atoms with van der Waals surface area (Å²) in [6, 6.07) is 0.909. The largest absolute Gasteiger partial charge is 0.313 e. The van der Waals surface area contributed by atoms with Crippen LogP contribution in [0.15, 0.2) is 0 Å². The Labute approximate surface area is 81.3 Å². The molecule has 0 aromatic heterocycles. The number of rotatable bonds is 3. The van der Waals surface area contributed by atoms with E-state index in [1.54, 1.807) is 0 Å². The second-order valence-corrected chi connectivity index (χ2v) is 5.66. The van der Waals surface area contributed by atoms with Crippen molar-refractivity contribution in [1.82, 2.24) is 5.32 Å². The van der Waals surface area contributed by atoms with Crippen molar-refractivity contribution in [2.75, 3.05) is 6.54 Å². The number of fused-ring (bicyclic) bond motifs is 2. The molecule has 3 saturated carbocycles. The fourth-order valence-corrected chi connectivity index (χ4v) is 3.48. The molecule has 1 heteroatoms. The first kappa shape index (κ1) is 8.28. The maximum absolute atomic E-state index is 3.81. The maximum Gasteiger partial charge on any atom is 0.00981 e. The molecule has 0 aliphatic heterocycles. The lowest BCUT2D eigenvalue weighted by Gasteiger charge is -2.22. The van der Waals surface area contributed by atoms with E-state index in [1.165, 1.54) is 38.6 Å². The standard InChI is InChI=1S/C12H21N/c1-8-4-11(8)7-13-12-6-9-2-3-10(12)5-9/h8-13H,2-7H2,1H3. The first-order valence-electron chi connectivity index (χ1n) is 6.06. The molecule has 1 N–H and O–H groups in total. The highest BCUT2D eigenvalue weighted by molar-refractivity contribution is 4.95. The zero-order valence-corrected chi connectivity index (χ0v) is 8.63. The van der Waals surface area contributed by atoms with Gasteiger partial charge in [0, 0.05) is 6.04 Å². The molecule has 0 amide bonds. The Balaban J connectivity index is 1.46. The van der Waals surface area contributed by atoms with Gasteiger partial charge in [0.1, 0.15) is 0 Å². The molecule has 0 aromatic carbocycles. The van der Waals surface area contributed by atoms with Crippen molar-refractivity contribution >= 4 is 0 Å². The topological polar surface area (TPSA) is 12.0 Å². The van der Waals surface area contributed by atoms with Crippen LogP contribution in [-0.2, 0) is 0 Å². The third kappa shape index (κ3) is 1.52. The molecule has 3 aliphatic carbocycles. The van der Waals surface area contributed by atoms with E-state index in [0.717, 1.165) is 29.7 Å². The molecule has 1 nitrogen and oxygen atoms in total. The van der Waals surface area contributed by atoms with E-state index in [-0.39, 0.29) is 0 Å². The van der Waals surface area contributed by atoms with Crippen LogP contribution >= 0.6 is 0 Å². The lowest BCUT2D eigenvalue weighted by atomic mass is 9.95. The van der Waals surface area contributed by atoms with Gasteiger partial charge in [0.2, 0.25) is 0 Å². The molecule has 0 heterocycles. The second-order valence-electron chi connectivity index (χ2n) is 5.66. The van der Waals surface area contributed by atoms with E-state index < -0.39 is 0 Å². The van der Waals surface area contributed by atoms with E-state index >= 15 is 0 Å². The predicted molar refractivity (Wildman–Crippen MR) is 54.5 cm³/mol. The van der Waals surface area contributed by atoms with Crippen LogP contribution in [0.25, 0.3) is 0 Å². The van der Waals surface area contributed by atoms with Crippen LogP contribution in [-0.4, -0.2) is 12.6 Å². The lowest BCUT2D eigenvalue weighted by Crippen LogP contribution is -2.35. The molecule has 3 rings (SSSR count). The monoisotopic (exact) mass is 179 g/mol. The third-order valence-corrected chi connectivity index (χ3v) is 4.66. The summed E-state index contributed by atoms with van der Waals surface area (Å²) in [7, 11) is 0. The summed E-state index contributed by atoms with van der Waals surface area (Å²) in [6.45, 7) is 3.70. The number of hydrogen-bond donors (Lipinski definition) is 1. The van der Waals surface area contributed by atoms with Crippen molar-refractivity contribution < 1.29 is 0 Å². The molecular formula is C12H21N. The Morgan fingerprint density at radius 1 is 1.15 bits per heavy atom. The molecule has 0 radical (unpaired) electrons. The van der Waals surface area contributed by atoms with Crippen LogP contribution in [0.1, 0.15) is 39.0 Å². The van der Waals surface area contributed by atoms with Crippen molar-refractivity contribution in [2.24, 2.45) is 23.7 Å². The summed E-state index contributed by atoms with van der Waals surface area (Å²) < 4.78 is 0. The highest BCUT2D eigenvalue weighted by Gasteiger charge is 2.40. The smallest absolute Gasteiger partial charge is 0.00981 e. The Morgan fingerprint density at radius 2 is 2.00 bits per heavy atom. The molecule has 3 aliphatic rings. The van der Waals surface area contributed by atoms with Crippen molar-refractivity contribution in [3.05, 3.63) is 0 Å². The van der Waals surface area contributed by atoms with Crippen LogP contribution in [0.5, 0.6) is 0 Å². The van der Waals surface area contributed by atoms with Gasteiger partial charge in [0.15, 0.2) is 0 Å². The summed E-state index contributed by atoms with van der Waals surface area (Å²) in [4.78, 5) is 0. The Hall–Kier alpha value is -0.0400. The van der Waals surface area contributed by atoms with Gasteiger partial charge in [-0.1, -0.05) is 13.3 Å². The van der Waals surface area contributed by atoms with Gasteiger partial charge in [-0.15, -0.1) is 0 Å². The third-order valence-electron chi connectivity index (χ3n) is 4.66. The molecule has 74 valence electrons. The quantitative estimate of drug-likeness (QED) is 0.701. The molecular weight excluding hydrogens is 158 g/mol. The molecule has 5 atom stereocenters. The van der Waals surface area contributed by atoms with E-state index in [4.69, 9.17) is 0 Å². The van der Waals surface area contributed by atoms with Crippen molar-refractivity contribution in [3.8, 4) is 0 Å². The lowest BCUT2D eigenvalue weighted by molar-refractivity contribution is 0.346. The highest BCUT2D eigenvalue weighted by atomic mass is 14.9. The molecule has 2 bridgehead atoms. The van der Waals surface area contributed by atoms with E-state index in [9.17, 15) is 0 Å². The van der Waals surface area contributed by atoms with E-state index in [2.05, 4.69) is 12.2 Å². The molecule has 0 saturated heterocycles. The van der Waals surface area contributed by atoms with Crippen molar-refractivity contribution in [1.29, 1.82) is 0 Å². The first-order valence-corrected chi connectivity index (χ1v) is 6.06. The average Bonchev–Trinajstić information content (AvgIpc) is 2.60. The number of nitrogens with one attached hydrogen (secondary N) is 1. The highest BCUT2D eigenvalue weighted by Crippen LogP contribution is 2.45. The summed E-state index contributed by atoms with van der Waals surface area (Å²) in [5.74, 6) is 4.20. The normalized spacial score (nSPS) is 52.8. The van der Waals surface area contributed by atoms with Gasteiger partial charge < -0.3 is 5.32 Å². The summed E-state index contributed by atoms with van der Waals surface area (Å²) >= 11 is 0. The van der Waals surface area contributed by atoms with Gasteiger partial charge in [-0.3, -0.25) is 0 Å². The SMILES string of the molecule is CC1CC1CNC1CC2CCC1C2. The van der Waals surface area contributed by atoms with Crippen LogP contribution in [0.2, 0.25) is 0 Å². The van der Waals surface area contributed by atoms with E-state index in [0.29, 0.717) is 0 Å². The second kappa shape index (κ2) is 2.98. The minimum Gasteiger partial charge on any atom is -0.313 e. The van der Waals surface area contributed by atoms with Crippen LogP contribution in [0.3, 0.4) is 0 Å². The fraction of sp³-hybridized carbons (Fsp3) is 1.00. The van der Waals surface area contributed by atoms with Gasteiger partial charge in [-0.25, -0.2) is 0 Å². The fourth-order valence-electron chi connectivity index (χ4n) is 3.48. The number of hydrogen-bond acceptors (Lipinski definition) is 1. The Bertz CT molecular complexity index is 201. The van der Waals surface area contributed by atoms with Crippen LogP contribution in [0, 0.1) is 23.7 Å². The molecule has 3 fully saturated rings. The predicted octanol–water partition coefficient (Wildman–Crippen LogP) is 2.42. The van der Waals surface area contributed by atoms with Gasteiger partial charge in [-0.05, 0) is 55.9 Å². The van der Waals surface area contributed by atoms with Crippen molar-refractivity contribution in [3.63, 3.8) is 0 Å². The molecule has 0 spiro atoms. The first-order chi connectivity index (χ1) is 6.33. The minimum atomic E-state index is 0.909. The van der Waals surface area contributed by atoms with Gasteiger partial charge in [-0.2, -0.15) is 0 Å². The summed E-state index contributed by atoms with van der Waals surface area (Å²) in [5.41, 5.74) is 0. The van der Waals surface area contributed by atoms with Gasteiger partial charge in [0.25, 0.3) is 0 Å². The average molecular weight is 179 g/mol. The van der Waals surface area contributed by atoms with E-state index in [1.807, 2.05) is 0 Å². The minimum absolute atomic E-state index is 0.909. The van der Waals surface area contributed by atoms with Gasteiger partial charge >= 0.3 is 0 Å². The maximum atomic E-state index is 3.81.